The first-order valence-electron chi connectivity index (χ1n) is 10.4. The lowest BCUT2D eigenvalue weighted by Gasteiger charge is -2.37. The Hall–Kier alpha value is -1.37. The number of benzene rings is 1. The van der Waals surface area contributed by atoms with Crippen LogP contribution in [0.4, 0.5) is 21.0 Å². The Morgan fingerprint density at radius 2 is 0.800 bits per heavy atom. The monoisotopic (exact) mass is 484 g/mol. The van der Waals surface area contributed by atoms with Crippen molar-refractivity contribution in [1.82, 2.24) is 0 Å². The van der Waals surface area contributed by atoms with Gasteiger partial charge in [0.1, 0.15) is 0 Å². The lowest BCUT2D eigenvalue weighted by molar-refractivity contribution is 0.208. The van der Waals surface area contributed by atoms with Gasteiger partial charge in [0.15, 0.2) is 16.5 Å². The van der Waals surface area contributed by atoms with Gasteiger partial charge in [-0.25, -0.2) is 9.59 Å². The molecule has 0 bridgehead atoms. The van der Waals surface area contributed by atoms with Gasteiger partial charge in [0.05, 0.1) is 0 Å². The molecule has 0 saturated carbocycles. The summed E-state index contributed by atoms with van der Waals surface area (Å²) in [5.41, 5.74) is 1.60. The van der Waals surface area contributed by atoms with Crippen molar-refractivity contribution in [1.29, 1.82) is 0 Å². The van der Waals surface area contributed by atoms with Crippen molar-refractivity contribution in [3.63, 3.8) is 0 Å². The second kappa shape index (κ2) is 9.01. The number of carbonyl (C=O) groups is 2. The van der Waals surface area contributed by atoms with E-state index in [0.717, 1.165) is 11.4 Å². The summed E-state index contributed by atoms with van der Waals surface area (Å²) in [5, 5.41) is 0. The molecule has 0 aliphatic rings. The Balaban J connectivity index is 3.33. The summed E-state index contributed by atoms with van der Waals surface area (Å²) in [7, 11) is -8.10. The molecule has 0 radical (unpaired) electrons. The summed E-state index contributed by atoms with van der Waals surface area (Å²) in [4.78, 5) is 25.9. The maximum atomic E-state index is 12.9. The Kier molecular flexibility index (Phi) is 8.01. The molecule has 170 valence electrons. The highest BCUT2D eigenvalue weighted by atomic mass is 28.4. The number of amides is 2. The predicted octanol–water partition coefficient (Wildman–Crippen LogP) is 6.91. The van der Waals surface area contributed by atoms with E-state index < -0.39 is 33.1 Å². The van der Waals surface area contributed by atoms with Crippen molar-refractivity contribution < 1.29 is 18.4 Å². The van der Waals surface area contributed by atoms with Crippen LogP contribution in [0.3, 0.4) is 0 Å². The first kappa shape index (κ1) is 26.7. The highest BCUT2D eigenvalue weighted by Gasteiger charge is 2.36. The molecule has 10 heteroatoms. The number of nitrogens with zero attached hydrogens (tertiary/aromatic N) is 2. The molecule has 0 unspecified atom stereocenters. The van der Waals surface area contributed by atoms with Crippen LogP contribution in [-0.2, 0) is 8.85 Å². The summed E-state index contributed by atoms with van der Waals surface area (Å²) in [5.74, 6) is 0. The molecule has 0 aliphatic carbocycles. The second-order valence-electron chi connectivity index (χ2n) is 11.5. The summed E-state index contributed by atoms with van der Waals surface area (Å²) >= 11 is 0. The molecule has 2 amide bonds. The molecule has 0 N–H and O–H groups in total. The van der Waals surface area contributed by atoms with Crippen LogP contribution in [-0.4, -0.2) is 45.3 Å². The Labute approximate surface area is 187 Å². The number of hydrogen-bond donors (Lipinski definition) is 0. The molecule has 30 heavy (non-hydrogen) atoms. The van der Waals surface area contributed by atoms with Gasteiger partial charge < -0.3 is 18.0 Å². The molecule has 0 spiro atoms. The van der Waals surface area contributed by atoms with Gasteiger partial charge in [0.2, 0.25) is 16.6 Å². The van der Waals surface area contributed by atoms with Crippen molar-refractivity contribution in [2.75, 3.05) is 9.13 Å². The predicted molar refractivity (Wildman–Crippen MR) is 138 cm³/mol. The molecule has 1 aromatic carbocycles. The molecule has 1 rings (SSSR count). The Bertz CT molecular complexity index is 692. The maximum Gasteiger partial charge on any atom is 0.392 e. The summed E-state index contributed by atoms with van der Waals surface area (Å²) in [6.45, 7) is 24.7. The minimum Gasteiger partial charge on any atom is -0.505 e. The van der Waals surface area contributed by atoms with Crippen LogP contribution in [0.1, 0.15) is 0 Å². The van der Waals surface area contributed by atoms with E-state index in [-0.39, 0.29) is 12.2 Å². The third kappa shape index (κ3) is 8.04. The van der Waals surface area contributed by atoms with Gasteiger partial charge in [0, 0.05) is 11.4 Å². The largest absolute Gasteiger partial charge is 0.505 e. The van der Waals surface area contributed by atoms with Crippen LogP contribution < -0.4 is 9.13 Å². The van der Waals surface area contributed by atoms with Crippen LogP contribution >= 0.6 is 0 Å². The van der Waals surface area contributed by atoms with E-state index in [0.29, 0.717) is 0 Å². The van der Waals surface area contributed by atoms with Gasteiger partial charge in [-0.15, -0.1) is 0 Å². The van der Waals surface area contributed by atoms with Crippen LogP contribution in [0.15, 0.2) is 24.3 Å². The molecule has 0 atom stereocenters. The van der Waals surface area contributed by atoms with Crippen molar-refractivity contribution in [3.05, 3.63) is 24.3 Å². The molecule has 1 aromatic rings. The van der Waals surface area contributed by atoms with Crippen molar-refractivity contribution in [3.8, 4) is 0 Å². The molecule has 6 nitrogen and oxygen atoms in total. The molecule has 0 saturated heterocycles. The van der Waals surface area contributed by atoms with E-state index in [1.165, 1.54) is 0 Å². The summed E-state index contributed by atoms with van der Waals surface area (Å²) in [6.07, 6.45) is -0.553. The maximum absolute atomic E-state index is 12.9. The second-order valence-corrected chi connectivity index (χ2v) is 29.9. The van der Waals surface area contributed by atoms with E-state index >= 15 is 0 Å². The lowest BCUT2D eigenvalue weighted by Crippen LogP contribution is -2.53. The van der Waals surface area contributed by atoms with Gasteiger partial charge in [-0.1, -0.05) is 39.3 Å². The minimum absolute atomic E-state index is 0.277. The van der Waals surface area contributed by atoms with Gasteiger partial charge >= 0.3 is 12.2 Å². The molecule has 0 fully saturated rings. The van der Waals surface area contributed by atoms with Crippen LogP contribution in [0.25, 0.3) is 0 Å². The Morgan fingerprint density at radius 1 is 0.567 bits per heavy atom. The third-order valence-corrected chi connectivity index (χ3v) is 9.00. The van der Waals surface area contributed by atoms with E-state index in [4.69, 9.17) is 8.85 Å². The third-order valence-electron chi connectivity index (χ3n) is 3.86. The first-order valence-corrected chi connectivity index (χ1v) is 24.1. The highest BCUT2D eigenvalue weighted by molar-refractivity contribution is 6.84. The molecular formula is C20H40N2O4Si4. The molecular weight excluding hydrogens is 445 g/mol. The normalized spacial score (nSPS) is 12.9. The van der Waals surface area contributed by atoms with E-state index in [1.807, 2.05) is 72.7 Å². The standard InChI is InChI=1S/C20H40N2O4Si4/c1-27(2,3)21(19(23)25-29(7,8)9)17-13-15-18(16-14-17)22(28(4,5)6)20(24)26-30(10,11)12/h13-16H,1-12H3. The van der Waals surface area contributed by atoms with E-state index in [9.17, 15) is 9.59 Å². The zero-order valence-corrected chi connectivity index (χ0v) is 24.8. The fraction of sp³-hybridized carbons (Fsp3) is 0.600. The zero-order chi connectivity index (χ0) is 23.7. The van der Waals surface area contributed by atoms with Gasteiger partial charge in [-0.2, -0.15) is 0 Å². The van der Waals surface area contributed by atoms with Crippen LogP contribution in [0.2, 0.25) is 78.6 Å². The number of hydrogen-bond acceptors (Lipinski definition) is 4. The quantitative estimate of drug-likeness (QED) is 0.411. The number of rotatable bonds is 6. The average Bonchev–Trinajstić information content (AvgIpc) is 2.42. The van der Waals surface area contributed by atoms with Crippen LogP contribution in [0.5, 0.6) is 0 Å². The summed E-state index contributed by atoms with van der Waals surface area (Å²) in [6, 6.07) is 7.64. The topological polar surface area (TPSA) is 59.1 Å². The number of carbonyl (C=O) groups excluding carboxylic acids is 2. The van der Waals surface area contributed by atoms with Crippen molar-refractivity contribution in [2.24, 2.45) is 0 Å². The van der Waals surface area contributed by atoms with Gasteiger partial charge in [-0.05, 0) is 63.5 Å². The SMILES string of the molecule is C[Si](C)(C)OC(=O)N(c1ccc(N(C(=O)O[Si](C)(C)C)[Si](C)(C)C)cc1)[Si](C)(C)C. The Morgan fingerprint density at radius 3 is 0.967 bits per heavy atom. The first-order chi connectivity index (χ1) is 13.2. The van der Waals surface area contributed by atoms with Crippen molar-refractivity contribution >= 4 is 56.7 Å². The highest BCUT2D eigenvalue weighted by Crippen LogP contribution is 2.29. The number of anilines is 2. The fourth-order valence-electron chi connectivity index (χ4n) is 2.90. The van der Waals surface area contributed by atoms with E-state index in [1.54, 1.807) is 0 Å². The van der Waals surface area contributed by atoms with Crippen LogP contribution in [0, 0.1) is 0 Å². The zero-order valence-electron chi connectivity index (χ0n) is 20.8. The lowest BCUT2D eigenvalue weighted by atomic mass is 10.3. The smallest absolute Gasteiger partial charge is 0.392 e. The molecule has 0 aromatic heterocycles. The van der Waals surface area contributed by atoms with Crippen molar-refractivity contribution in [2.45, 2.75) is 78.6 Å². The fourth-order valence-corrected chi connectivity index (χ4v) is 7.35. The van der Waals surface area contributed by atoms with Gasteiger partial charge in [0.25, 0.3) is 0 Å². The summed E-state index contributed by atoms with van der Waals surface area (Å²) < 4.78 is 15.2. The molecule has 0 heterocycles. The average molecular weight is 485 g/mol. The van der Waals surface area contributed by atoms with E-state index in [2.05, 4.69) is 39.3 Å². The molecule has 0 aliphatic heterocycles. The van der Waals surface area contributed by atoms with Gasteiger partial charge in [-0.3, -0.25) is 0 Å². The minimum atomic E-state index is -2.04.